The van der Waals surface area contributed by atoms with Gasteiger partial charge in [0.1, 0.15) is 0 Å². The second kappa shape index (κ2) is 13.0. The molecule has 2 fully saturated rings. The molecule has 0 unspecified atom stereocenters. The standard InChI is InChI=1S/C23H28ClN3O4S.C2HF3O2/c24-19-4-8-21(9-5-19)32(29,30)26-20-6-2-18(3-7-20)23(10-11-23)22(28)25-12-1-13-27-14-16-31-17-15-27;3-2(4,5)1(6)7/h2-9,26H,1,10-17H2,(H,25,28);(H,6,7). The molecule has 0 atom stereocenters. The van der Waals surface area contributed by atoms with Gasteiger partial charge in [0.2, 0.25) is 5.91 Å². The maximum absolute atomic E-state index is 12.8. The molecule has 9 nitrogen and oxygen atoms in total. The fourth-order valence-electron chi connectivity index (χ4n) is 3.96. The zero-order chi connectivity index (χ0) is 28.7. The van der Waals surface area contributed by atoms with Crippen LogP contribution in [0, 0.1) is 0 Å². The Labute approximate surface area is 229 Å². The SMILES string of the molecule is O=C(NCCCN1CCOCC1)C1(c2ccc(NS(=O)(=O)c3ccc(Cl)cc3)cc2)CC1.O=C(O)C(F)(F)F. The fraction of sp³-hybridized carbons (Fsp3) is 0.440. The van der Waals surface area contributed by atoms with Crippen molar-refractivity contribution in [2.24, 2.45) is 0 Å². The van der Waals surface area contributed by atoms with Crippen molar-refractivity contribution in [1.29, 1.82) is 0 Å². The number of nitrogens with zero attached hydrogens (tertiary/aromatic N) is 1. The molecule has 14 heteroatoms. The van der Waals surface area contributed by atoms with Crippen LogP contribution in [-0.4, -0.2) is 75.9 Å². The first kappa shape index (κ1) is 30.7. The second-order valence-corrected chi connectivity index (χ2v) is 11.2. The minimum Gasteiger partial charge on any atom is -0.475 e. The van der Waals surface area contributed by atoms with E-state index in [0.29, 0.717) is 17.3 Å². The Balaban J connectivity index is 0.000000532. The van der Waals surface area contributed by atoms with Gasteiger partial charge in [-0.1, -0.05) is 23.7 Å². The average Bonchev–Trinajstić information content (AvgIpc) is 3.70. The highest BCUT2D eigenvalue weighted by atomic mass is 35.5. The fourth-order valence-corrected chi connectivity index (χ4v) is 5.14. The molecule has 39 heavy (non-hydrogen) atoms. The summed E-state index contributed by atoms with van der Waals surface area (Å²) in [6.45, 7) is 5.07. The van der Waals surface area contributed by atoms with E-state index in [4.69, 9.17) is 26.2 Å². The number of anilines is 1. The van der Waals surface area contributed by atoms with Crippen LogP contribution in [0.15, 0.2) is 53.4 Å². The van der Waals surface area contributed by atoms with Crippen LogP contribution in [0.3, 0.4) is 0 Å². The van der Waals surface area contributed by atoms with Gasteiger partial charge >= 0.3 is 12.1 Å². The van der Waals surface area contributed by atoms with E-state index < -0.39 is 27.6 Å². The molecule has 2 aromatic carbocycles. The summed E-state index contributed by atoms with van der Waals surface area (Å²) in [6, 6.07) is 13.1. The van der Waals surface area contributed by atoms with Crippen molar-refractivity contribution in [3.8, 4) is 0 Å². The van der Waals surface area contributed by atoms with Crippen LogP contribution in [0.1, 0.15) is 24.8 Å². The van der Waals surface area contributed by atoms with Gasteiger partial charge in [0.05, 0.1) is 23.5 Å². The normalized spacial score (nSPS) is 16.9. The molecule has 1 saturated heterocycles. The van der Waals surface area contributed by atoms with Crippen LogP contribution in [0.25, 0.3) is 0 Å². The van der Waals surface area contributed by atoms with Gasteiger partial charge in [-0.05, 0) is 67.8 Å². The average molecular weight is 592 g/mol. The summed E-state index contributed by atoms with van der Waals surface area (Å²) in [7, 11) is -3.70. The highest BCUT2D eigenvalue weighted by molar-refractivity contribution is 7.92. The van der Waals surface area contributed by atoms with Crippen LogP contribution in [0.4, 0.5) is 18.9 Å². The molecule has 0 aromatic heterocycles. The van der Waals surface area contributed by atoms with Gasteiger partial charge in [-0.2, -0.15) is 13.2 Å². The third kappa shape index (κ3) is 8.82. The summed E-state index contributed by atoms with van der Waals surface area (Å²) >= 11 is 5.83. The summed E-state index contributed by atoms with van der Waals surface area (Å²) in [4.78, 5) is 24.2. The lowest BCUT2D eigenvalue weighted by molar-refractivity contribution is -0.192. The molecular formula is C25H29ClF3N3O6S. The zero-order valence-electron chi connectivity index (χ0n) is 20.8. The first-order valence-electron chi connectivity index (χ1n) is 12.1. The van der Waals surface area contributed by atoms with Gasteiger partial charge < -0.3 is 15.2 Å². The van der Waals surface area contributed by atoms with E-state index in [1.54, 1.807) is 12.1 Å². The Kier molecular flexibility index (Phi) is 10.2. The van der Waals surface area contributed by atoms with Gasteiger partial charge in [0.15, 0.2) is 0 Å². The number of ether oxygens (including phenoxy) is 1. The molecule has 1 saturated carbocycles. The molecule has 0 radical (unpaired) electrons. The Morgan fingerprint density at radius 3 is 2.10 bits per heavy atom. The molecule has 0 bridgehead atoms. The number of benzene rings is 2. The maximum atomic E-state index is 12.8. The predicted octanol–water partition coefficient (Wildman–Crippen LogP) is 3.64. The lowest BCUT2D eigenvalue weighted by atomic mass is 9.95. The number of amides is 1. The summed E-state index contributed by atoms with van der Waals surface area (Å²) in [6.07, 6.45) is -2.57. The van der Waals surface area contributed by atoms with Crippen LogP contribution in [0.5, 0.6) is 0 Å². The van der Waals surface area contributed by atoms with Gasteiger partial charge in [-0.3, -0.25) is 14.4 Å². The summed E-state index contributed by atoms with van der Waals surface area (Å²) in [5.41, 5.74) is 0.870. The molecule has 2 aromatic rings. The van der Waals surface area contributed by atoms with Gasteiger partial charge in [0.25, 0.3) is 10.0 Å². The number of rotatable bonds is 9. The number of carboxylic acid groups (broad SMARTS) is 1. The summed E-state index contributed by atoms with van der Waals surface area (Å²) in [5.74, 6) is -2.71. The monoisotopic (exact) mass is 591 g/mol. The van der Waals surface area contributed by atoms with Crippen molar-refractivity contribution in [2.45, 2.75) is 35.7 Å². The van der Waals surface area contributed by atoms with Crippen molar-refractivity contribution in [3.63, 3.8) is 0 Å². The van der Waals surface area contributed by atoms with Crippen molar-refractivity contribution in [1.82, 2.24) is 10.2 Å². The number of nitrogens with one attached hydrogen (secondary N) is 2. The van der Waals surface area contributed by atoms with Crippen molar-refractivity contribution < 1.29 is 41.0 Å². The lowest BCUT2D eigenvalue weighted by Gasteiger charge is -2.26. The summed E-state index contributed by atoms with van der Waals surface area (Å²) < 4.78 is 64.8. The quantitative estimate of drug-likeness (QED) is 0.380. The largest absolute Gasteiger partial charge is 0.490 e. The smallest absolute Gasteiger partial charge is 0.475 e. The molecule has 3 N–H and O–H groups in total. The second-order valence-electron chi connectivity index (χ2n) is 9.09. The molecular weight excluding hydrogens is 563 g/mol. The molecule has 1 aliphatic heterocycles. The molecule has 1 amide bonds. The van der Waals surface area contributed by atoms with E-state index >= 15 is 0 Å². The number of sulfonamides is 1. The lowest BCUT2D eigenvalue weighted by Crippen LogP contribution is -2.39. The van der Waals surface area contributed by atoms with Crippen molar-refractivity contribution in [2.75, 3.05) is 44.1 Å². The number of morpholine rings is 1. The summed E-state index contributed by atoms with van der Waals surface area (Å²) in [5, 5.41) is 10.7. The Morgan fingerprint density at radius 2 is 1.59 bits per heavy atom. The minimum atomic E-state index is -5.08. The number of hydrogen-bond acceptors (Lipinski definition) is 6. The number of alkyl halides is 3. The van der Waals surface area contributed by atoms with E-state index in [1.807, 2.05) is 12.1 Å². The van der Waals surface area contributed by atoms with E-state index in [0.717, 1.165) is 57.7 Å². The predicted molar refractivity (Wildman–Crippen MR) is 138 cm³/mol. The van der Waals surface area contributed by atoms with E-state index in [-0.39, 0.29) is 10.8 Å². The highest BCUT2D eigenvalue weighted by Crippen LogP contribution is 2.48. The number of halogens is 4. The molecule has 1 aliphatic carbocycles. The van der Waals surface area contributed by atoms with Crippen LogP contribution in [0.2, 0.25) is 5.02 Å². The van der Waals surface area contributed by atoms with Gasteiger partial charge in [0, 0.05) is 30.3 Å². The highest BCUT2D eigenvalue weighted by Gasteiger charge is 2.51. The third-order valence-electron chi connectivity index (χ3n) is 6.28. The Bertz CT molecular complexity index is 1230. The molecule has 0 spiro atoms. The Morgan fingerprint density at radius 1 is 1.03 bits per heavy atom. The Hall–Kier alpha value is -2.87. The number of aliphatic carboxylic acids is 1. The third-order valence-corrected chi connectivity index (χ3v) is 7.93. The van der Waals surface area contributed by atoms with Crippen LogP contribution in [-0.2, 0) is 29.8 Å². The molecule has 4 rings (SSSR count). The van der Waals surface area contributed by atoms with Crippen LogP contribution < -0.4 is 10.0 Å². The first-order chi connectivity index (χ1) is 18.3. The molecule has 1 heterocycles. The zero-order valence-corrected chi connectivity index (χ0v) is 22.4. The maximum Gasteiger partial charge on any atom is 0.490 e. The molecule has 214 valence electrons. The number of carbonyl (C=O) groups is 2. The number of hydrogen-bond donors (Lipinski definition) is 3. The minimum absolute atomic E-state index is 0.0500. The van der Waals surface area contributed by atoms with Crippen molar-refractivity contribution in [3.05, 3.63) is 59.1 Å². The van der Waals surface area contributed by atoms with E-state index in [2.05, 4.69) is 14.9 Å². The van der Waals surface area contributed by atoms with Crippen molar-refractivity contribution >= 4 is 39.2 Å². The van der Waals surface area contributed by atoms with E-state index in [1.165, 1.54) is 24.3 Å². The first-order valence-corrected chi connectivity index (χ1v) is 14.0. The van der Waals surface area contributed by atoms with Gasteiger partial charge in [-0.15, -0.1) is 0 Å². The molecule has 2 aliphatic rings. The van der Waals surface area contributed by atoms with E-state index in [9.17, 15) is 26.4 Å². The van der Waals surface area contributed by atoms with Crippen LogP contribution >= 0.6 is 11.6 Å². The number of carboxylic acids is 1. The topological polar surface area (TPSA) is 125 Å². The van der Waals surface area contributed by atoms with Gasteiger partial charge in [-0.25, -0.2) is 13.2 Å². The number of carbonyl (C=O) groups excluding carboxylic acids is 1.